The van der Waals surface area contributed by atoms with Gasteiger partial charge in [-0.15, -0.1) is 0 Å². The molecule has 210 valence electrons. The van der Waals surface area contributed by atoms with Gasteiger partial charge in [-0.05, 0) is 60.0 Å². The summed E-state index contributed by atoms with van der Waals surface area (Å²) in [4.78, 5) is 30.5. The summed E-state index contributed by atoms with van der Waals surface area (Å²) < 4.78 is 16.4. The molecule has 0 aromatic heterocycles. The maximum absolute atomic E-state index is 13.9. The van der Waals surface area contributed by atoms with Gasteiger partial charge < -0.3 is 24.2 Å². The van der Waals surface area contributed by atoms with Crippen LogP contribution in [0.25, 0.3) is 0 Å². The van der Waals surface area contributed by atoms with Crippen LogP contribution in [-0.2, 0) is 9.59 Å². The Hall–Kier alpha value is -3.75. The number of halogens is 1. The molecule has 3 aromatic rings. The van der Waals surface area contributed by atoms with Gasteiger partial charge in [-0.25, -0.2) is 0 Å². The summed E-state index contributed by atoms with van der Waals surface area (Å²) in [5.74, 6) is -0.278. The molecule has 1 N–H and O–H groups in total. The first-order valence-electron chi connectivity index (χ1n) is 13.5. The van der Waals surface area contributed by atoms with Crippen LogP contribution in [0.5, 0.6) is 17.2 Å². The SMILES string of the molecule is CCCCN(C(=O)CN1C[C@H](c2ccc3c(c2)OCO3)[C@H](C(=O)O)[C@H]1c1ccc(OC)cc1)c1cccc(Cl)c1. The maximum atomic E-state index is 13.9. The number of carbonyl (C=O) groups excluding carboxylic acids is 1. The smallest absolute Gasteiger partial charge is 0.309 e. The third kappa shape index (κ3) is 5.74. The summed E-state index contributed by atoms with van der Waals surface area (Å²) in [6.45, 7) is 3.20. The fraction of sp³-hybridized carbons (Fsp3) is 0.355. The number of benzene rings is 3. The van der Waals surface area contributed by atoms with Crippen LogP contribution < -0.4 is 19.1 Å². The molecule has 2 aliphatic rings. The monoisotopic (exact) mass is 564 g/mol. The second-order valence-corrected chi connectivity index (χ2v) is 10.5. The van der Waals surface area contributed by atoms with Crippen molar-refractivity contribution in [1.82, 2.24) is 4.90 Å². The van der Waals surface area contributed by atoms with Gasteiger partial charge in [0.15, 0.2) is 11.5 Å². The van der Waals surface area contributed by atoms with Gasteiger partial charge in [0.2, 0.25) is 12.7 Å². The molecule has 40 heavy (non-hydrogen) atoms. The van der Waals surface area contributed by atoms with Gasteiger partial charge >= 0.3 is 5.97 Å². The number of ether oxygens (including phenoxy) is 3. The van der Waals surface area contributed by atoms with Crippen molar-refractivity contribution < 1.29 is 28.9 Å². The lowest BCUT2D eigenvalue weighted by Crippen LogP contribution is -2.41. The molecule has 0 saturated carbocycles. The molecule has 2 aliphatic heterocycles. The summed E-state index contributed by atoms with van der Waals surface area (Å²) in [6, 6.07) is 19.7. The molecule has 8 nitrogen and oxygen atoms in total. The van der Waals surface area contributed by atoms with Crippen molar-refractivity contribution in [3.05, 3.63) is 82.9 Å². The molecule has 9 heteroatoms. The van der Waals surface area contributed by atoms with E-state index in [9.17, 15) is 14.7 Å². The van der Waals surface area contributed by atoms with Gasteiger partial charge in [-0.3, -0.25) is 14.5 Å². The standard InChI is InChI=1S/C31H33ClN2O6/c1-3-4-14-34(23-7-5-6-22(32)16-23)28(35)18-33-17-25(21-10-13-26-27(15-21)40-19-39-26)29(31(36)37)30(33)20-8-11-24(38-2)12-9-20/h5-13,15-16,25,29-30H,3-4,14,17-19H2,1-2H3,(H,36,37)/t25-,29+,30-/m1/s1. The van der Waals surface area contributed by atoms with E-state index in [-0.39, 0.29) is 25.2 Å². The van der Waals surface area contributed by atoms with Gasteiger partial charge in [0.05, 0.1) is 19.6 Å². The van der Waals surface area contributed by atoms with Crippen molar-refractivity contribution in [2.45, 2.75) is 31.7 Å². The van der Waals surface area contributed by atoms with E-state index in [0.29, 0.717) is 35.4 Å². The van der Waals surface area contributed by atoms with E-state index in [1.165, 1.54) is 0 Å². The third-order valence-corrected chi connectivity index (χ3v) is 7.90. The van der Waals surface area contributed by atoms with Crippen LogP contribution in [0.15, 0.2) is 66.7 Å². The minimum absolute atomic E-state index is 0.0533. The molecular formula is C31H33ClN2O6. The van der Waals surface area contributed by atoms with Crippen molar-refractivity contribution >= 4 is 29.2 Å². The zero-order valence-electron chi connectivity index (χ0n) is 22.6. The van der Waals surface area contributed by atoms with Crippen molar-refractivity contribution in [3.8, 4) is 17.2 Å². The number of hydrogen-bond acceptors (Lipinski definition) is 6. The number of aliphatic carboxylic acids is 1. The van der Waals surface area contributed by atoms with Gasteiger partial charge in [0.1, 0.15) is 5.75 Å². The van der Waals surface area contributed by atoms with E-state index in [0.717, 1.165) is 29.7 Å². The highest BCUT2D eigenvalue weighted by molar-refractivity contribution is 6.30. The van der Waals surface area contributed by atoms with Crippen LogP contribution in [0.4, 0.5) is 5.69 Å². The molecule has 3 atom stereocenters. The average Bonchev–Trinajstić information content (AvgIpc) is 3.58. The number of amides is 1. The first-order chi connectivity index (χ1) is 19.4. The van der Waals surface area contributed by atoms with Gasteiger partial charge in [0.25, 0.3) is 0 Å². The van der Waals surface area contributed by atoms with Gasteiger partial charge in [0, 0.05) is 35.8 Å². The number of unbranched alkanes of at least 4 members (excludes halogenated alkanes) is 1. The first kappa shape index (κ1) is 27.8. The van der Waals surface area contributed by atoms with E-state index < -0.39 is 17.9 Å². The minimum atomic E-state index is -0.920. The highest BCUT2D eigenvalue weighted by Gasteiger charge is 2.48. The number of rotatable bonds is 10. The topological polar surface area (TPSA) is 88.5 Å². The van der Waals surface area contributed by atoms with Crippen molar-refractivity contribution in [3.63, 3.8) is 0 Å². The van der Waals surface area contributed by atoms with Crippen LogP contribution in [-0.4, -0.2) is 55.4 Å². The first-order valence-corrected chi connectivity index (χ1v) is 13.8. The Labute approximate surface area is 239 Å². The predicted octanol–water partition coefficient (Wildman–Crippen LogP) is 5.75. The molecular weight excluding hydrogens is 532 g/mol. The molecule has 2 heterocycles. The Kier molecular flexibility index (Phi) is 8.47. The molecule has 1 amide bonds. The normalized spacial score (nSPS) is 19.9. The molecule has 0 bridgehead atoms. The molecule has 0 unspecified atom stereocenters. The highest BCUT2D eigenvalue weighted by Crippen LogP contribution is 2.48. The Morgan fingerprint density at radius 1 is 1.05 bits per heavy atom. The fourth-order valence-corrected chi connectivity index (χ4v) is 5.87. The third-order valence-electron chi connectivity index (χ3n) is 7.66. The predicted molar refractivity (Wildman–Crippen MR) is 152 cm³/mol. The van der Waals surface area contributed by atoms with E-state index in [1.807, 2.05) is 59.5 Å². The number of hydrogen-bond donors (Lipinski definition) is 1. The summed E-state index contributed by atoms with van der Waals surface area (Å²) in [5.41, 5.74) is 2.38. The summed E-state index contributed by atoms with van der Waals surface area (Å²) in [6.07, 6.45) is 1.76. The lowest BCUT2D eigenvalue weighted by molar-refractivity contribution is -0.143. The average molecular weight is 565 g/mol. The lowest BCUT2D eigenvalue weighted by atomic mass is 9.82. The zero-order valence-corrected chi connectivity index (χ0v) is 23.3. The highest BCUT2D eigenvalue weighted by atomic mass is 35.5. The Morgan fingerprint density at radius 2 is 1.80 bits per heavy atom. The second kappa shape index (κ2) is 12.2. The number of carbonyl (C=O) groups is 2. The quantitative estimate of drug-likeness (QED) is 0.335. The molecule has 0 aliphatic carbocycles. The summed E-state index contributed by atoms with van der Waals surface area (Å²) >= 11 is 6.26. The number of fused-ring (bicyclic) bond motifs is 1. The molecule has 1 fully saturated rings. The number of anilines is 1. The van der Waals surface area contributed by atoms with Crippen LogP contribution in [0.2, 0.25) is 5.02 Å². The van der Waals surface area contributed by atoms with Crippen molar-refractivity contribution in [2.24, 2.45) is 5.92 Å². The number of carboxylic acids is 1. The van der Waals surface area contributed by atoms with Crippen LogP contribution >= 0.6 is 11.6 Å². The number of likely N-dealkylation sites (tertiary alicyclic amines) is 1. The molecule has 3 aromatic carbocycles. The van der Waals surface area contributed by atoms with Crippen LogP contribution in [0.3, 0.4) is 0 Å². The molecule has 1 saturated heterocycles. The Morgan fingerprint density at radius 3 is 2.50 bits per heavy atom. The minimum Gasteiger partial charge on any atom is -0.497 e. The fourth-order valence-electron chi connectivity index (χ4n) is 5.69. The Bertz CT molecular complexity index is 1360. The van der Waals surface area contributed by atoms with E-state index >= 15 is 0 Å². The Balaban J connectivity index is 1.51. The number of carboxylic acid groups (broad SMARTS) is 1. The largest absolute Gasteiger partial charge is 0.497 e. The summed E-state index contributed by atoms with van der Waals surface area (Å²) in [5, 5.41) is 11.1. The zero-order chi connectivity index (χ0) is 28.2. The van der Waals surface area contributed by atoms with Gasteiger partial charge in [-0.2, -0.15) is 0 Å². The van der Waals surface area contributed by atoms with E-state index in [1.54, 1.807) is 24.1 Å². The van der Waals surface area contributed by atoms with Crippen molar-refractivity contribution in [2.75, 3.05) is 38.4 Å². The molecule has 5 rings (SSSR count). The van der Waals surface area contributed by atoms with E-state index in [2.05, 4.69) is 6.92 Å². The molecule has 0 radical (unpaired) electrons. The second-order valence-electron chi connectivity index (χ2n) is 10.1. The van der Waals surface area contributed by atoms with E-state index in [4.69, 9.17) is 25.8 Å². The van der Waals surface area contributed by atoms with Crippen LogP contribution in [0, 0.1) is 5.92 Å². The van der Waals surface area contributed by atoms with Crippen LogP contribution in [0.1, 0.15) is 42.9 Å². The lowest BCUT2D eigenvalue weighted by Gasteiger charge is -2.30. The number of nitrogens with zero attached hydrogens (tertiary/aromatic N) is 2. The molecule has 0 spiro atoms. The van der Waals surface area contributed by atoms with Gasteiger partial charge in [-0.1, -0.05) is 49.2 Å². The summed E-state index contributed by atoms with van der Waals surface area (Å²) in [7, 11) is 1.59. The number of methoxy groups -OCH3 is 1. The maximum Gasteiger partial charge on any atom is 0.309 e. The van der Waals surface area contributed by atoms with Crippen molar-refractivity contribution in [1.29, 1.82) is 0 Å².